The molecule has 0 spiro atoms. The number of aryl methyl sites for hydroxylation is 1. The Hall–Kier alpha value is -1.94. The zero-order valence-electron chi connectivity index (χ0n) is 10.1. The van der Waals surface area contributed by atoms with E-state index in [0.29, 0.717) is 5.82 Å². The van der Waals surface area contributed by atoms with Crippen LogP contribution in [-0.2, 0) is 6.42 Å². The van der Waals surface area contributed by atoms with Gasteiger partial charge in [-0.15, -0.1) is 11.3 Å². The van der Waals surface area contributed by atoms with Gasteiger partial charge in [0.2, 0.25) is 0 Å². The second kappa shape index (κ2) is 4.38. The van der Waals surface area contributed by atoms with E-state index in [9.17, 15) is 0 Å². The van der Waals surface area contributed by atoms with Gasteiger partial charge in [-0.05, 0) is 31.2 Å². The standard InChI is InChI=1S/C14H13N3S/c1-9-6-7-10(18-9)8-13-16-12-5-3-2-4-11(12)14(15)17-13/h2-7H,8H2,1H3,(H2,15,16,17). The van der Waals surface area contributed by atoms with E-state index in [1.807, 2.05) is 24.3 Å². The second-order valence-corrected chi connectivity index (χ2v) is 5.60. The molecule has 0 saturated heterocycles. The number of thiophene rings is 1. The van der Waals surface area contributed by atoms with E-state index in [0.717, 1.165) is 23.1 Å². The van der Waals surface area contributed by atoms with Crippen molar-refractivity contribution in [3.63, 3.8) is 0 Å². The molecule has 0 saturated carbocycles. The SMILES string of the molecule is Cc1ccc(Cc2nc(N)c3ccccc3n2)s1. The number of nitrogens with zero attached hydrogens (tertiary/aromatic N) is 2. The van der Waals surface area contributed by atoms with Crippen LogP contribution in [-0.4, -0.2) is 9.97 Å². The van der Waals surface area contributed by atoms with Gasteiger partial charge in [-0.1, -0.05) is 12.1 Å². The zero-order valence-corrected chi connectivity index (χ0v) is 10.9. The molecule has 90 valence electrons. The molecule has 18 heavy (non-hydrogen) atoms. The largest absolute Gasteiger partial charge is 0.383 e. The smallest absolute Gasteiger partial charge is 0.136 e. The van der Waals surface area contributed by atoms with Crippen molar-refractivity contribution in [1.82, 2.24) is 9.97 Å². The molecule has 0 amide bonds. The molecule has 0 aliphatic carbocycles. The van der Waals surface area contributed by atoms with Crippen LogP contribution in [0.3, 0.4) is 0 Å². The second-order valence-electron chi connectivity index (χ2n) is 4.23. The van der Waals surface area contributed by atoms with Crippen molar-refractivity contribution in [3.05, 3.63) is 52.0 Å². The molecule has 1 aromatic carbocycles. The minimum absolute atomic E-state index is 0.559. The van der Waals surface area contributed by atoms with Gasteiger partial charge >= 0.3 is 0 Å². The van der Waals surface area contributed by atoms with E-state index < -0.39 is 0 Å². The fourth-order valence-electron chi connectivity index (χ4n) is 1.97. The van der Waals surface area contributed by atoms with Crippen LogP contribution in [0.15, 0.2) is 36.4 Å². The molecule has 0 bridgehead atoms. The number of nitrogens with two attached hydrogens (primary N) is 1. The van der Waals surface area contributed by atoms with Gasteiger partial charge in [0.15, 0.2) is 0 Å². The van der Waals surface area contributed by atoms with Crippen LogP contribution in [0, 0.1) is 6.92 Å². The lowest BCUT2D eigenvalue weighted by Crippen LogP contribution is -2.01. The maximum Gasteiger partial charge on any atom is 0.136 e. The minimum Gasteiger partial charge on any atom is -0.383 e. The van der Waals surface area contributed by atoms with E-state index >= 15 is 0 Å². The van der Waals surface area contributed by atoms with Crippen molar-refractivity contribution in [3.8, 4) is 0 Å². The number of benzene rings is 1. The number of hydrogen-bond donors (Lipinski definition) is 1. The number of anilines is 1. The van der Waals surface area contributed by atoms with Gasteiger partial charge in [0.25, 0.3) is 0 Å². The Morgan fingerprint density at radius 2 is 1.94 bits per heavy atom. The van der Waals surface area contributed by atoms with E-state index in [-0.39, 0.29) is 0 Å². The molecular weight excluding hydrogens is 242 g/mol. The summed E-state index contributed by atoms with van der Waals surface area (Å²) in [6.45, 7) is 2.10. The monoisotopic (exact) mass is 255 g/mol. The third kappa shape index (κ3) is 2.07. The molecule has 0 aliphatic heterocycles. The van der Waals surface area contributed by atoms with Crippen LogP contribution in [0.25, 0.3) is 10.9 Å². The van der Waals surface area contributed by atoms with Crippen molar-refractivity contribution in [1.29, 1.82) is 0 Å². The highest BCUT2D eigenvalue weighted by Gasteiger charge is 2.06. The molecule has 2 N–H and O–H groups in total. The Balaban J connectivity index is 2.02. The van der Waals surface area contributed by atoms with Crippen LogP contribution in [0.4, 0.5) is 5.82 Å². The summed E-state index contributed by atoms with van der Waals surface area (Å²) in [5.74, 6) is 1.34. The van der Waals surface area contributed by atoms with Crippen molar-refractivity contribution in [2.45, 2.75) is 13.3 Å². The topological polar surface area (TPSA) is 51.8 Å². The summed E-state index contributed by atoms with van der Waals surface area (Å²) >= 11 is 1.77. The van der Waals surface area contributed by atoms with Gasteiger partial charge in [-0.3, -0.25) is 0 Å². The maximum absolute atomic E-state index is 5.97. The molecule has 0 aliphatic rings. The summed E-state index contributed by atoms with van der Waals surface area (Å²) in [6, 6.07) is 12.1. The third-order valence-corrected chi connectivity index (χ3v) is 3.81. The zero-order chi connectivity index (χ0) is 12.5. The van der Waals surface area contributed by atoms with Crippen molar-refractivity contribution < 1.29 is 0 Å². The molecule has 3 nitrogen and oxygen atoms in total. The first kappa shape index (κ1) is 11.2. The Labute approximate surface area is 109 Å². The number of fused-ring (bicyclic) bond motifs is 1. The highest BCUT2D eigenvalue weighted by atomic mass is 32.1. The van der Waals surface area contributed by atoms with Gasteiger partial charge in [0, 0.05) is 21.6 Å². The predicted molar refractivity (Wildman–Crippen MR) is 75.8 cm³/mol. The summed E-state index contributed by atoms with van der Waals surface area (Å²) in [5.41, 5.74) is 6.88. The molecule has 3 rings (SSSR count). The number of aromatic nitrogens is 2. The highest BCUT2D eigenvalue weighted by Crippen LogP contribution is 2.21. The normalized spacial score (nSPS) is 10.9. The predicted octanol–water partition coefficient (Wildman–Crippen LogP) is 3.17. The van der Waals surface area contributed by atoms with E-state index in [1.54, 1.807) is 11.3 Å². The van der Waals surface area contributed by atoms with Gasteiger partial charge in [0.05, 0.1) is 5.52 Å². The van der Waals surface area contributed by atoms with Gasteiger partial charge in [0.1, 0.15) is 11.6 Å². The molecule has 2 heterocycles. The molecular formula is C14H13N3S. The number of rotatable bonds is 2. The first-order valence-corrected chi connectivity index (χ1v) is 6.60. The molecule has 3 aromatic rings. The van der Waals surface area contributed by atoms with Crippen LogP contribution in [0.2, 0.25) is 0 Å². The number of para-hydroxylation sites is 1. The van der Waals surface area contributed by atoms with Crippen LogP contribution >= 0.6 is 11.3 Å². The maximum atomic E-state index is 5.97. The Morgan fingerprint density at radius 3 is 2.72 bits per heavy atom. The molecule has 2 aromatic heterocycles. The first-order chi connectivity index (χ1) is 8.72. The summed E-state index contributed by atoms with van der Waals surface area (Å²) < 4.78 is 0. The number of nitrogen functional groups attached to an aromatic ring is 1. The van der Waals surface area contributed by atoms with E-state index in [4.69, 9.17) is 5.73 Å². The summed E-state index contributed by atoms with van der Waals surface area (Å²) in [5, 5.41) is 0.920. The summed E-state index contributed by atoms with van der Waals surface area (Å²) in [6.07, 6.45) is 0.744. The quantitative estimate of drug-likeness (QED) is 0.765. The van der Waals surface area contributed by atoms with Crippen molar-refractivity contribution in [2.24, 2.45) is 0 Å². The Morgan fingerprint density at radius 1 is 1.11 bits per heavy atom. The van der Waals surface area contributed by atoms with Crippen molar-refractivity contribution >= 4 is 28.1 Å². The van der Waals surface area contributed by atoms with Gasteiger partial charge < -0.3 is 5.73 Å². The summed E-state index contributed by atoms with van der Waals surface area (Å²) in [4.78, 5) is 11.5. The van der Waals surface area contributed by atoms with Crippen LogP contribution in [0.5, 0.6) is 0 Å². The lowest BCUT2D eigenvalue weighted by Gasteiger charge is -2.04. The van der Waals surface area contributed by atoms with Gasteiger partial charge in [-0.25, -0.2) is 9.97 Å². The number of hydrogen-bond acceptors (Lipinski definition) is 4. The molecule has 4 heteroatoms. The van der Waals surface area contributed by atoms with Crippen molar-refractivity contribution in [2.75, 3.05) is 5.73 Å². The highest BCUT2D eigenvalue weighted by molar-refractivity contribution is 7.11. The van der Waals surface area contributed by atoms with Crippen LogP contribution < -0.4 is 5.73 Å². The molecule has 0 unspecified atom stereocenters. The fourth-order valence-corrected chi connectivity index (χ4v) is 2.85. The molecule has 0 atom stereocenters. The average molecular weight is 255 g/mol. The Bertz CT molecular complexity index is 703. The first-order valence-electron chi connectivity index (χ1n) is 5.79. The molecule has 0 radical (unpaired) electrons. The Kier molecular flexibility index (Phi) is 2.72. The third-order valence-electron chi connectivity index (χ3n) is 2.81. The lowest BCUT2D eigenvalue weighted by atomic mass is 10.2. The average Bonchev–Trinajstić information content (AvgIpc) is 2.75. The fraction of sp³-hybridized carbons (Fsp3) is 0.143. The van der Waals surface area contributed by atoms with E-state index in [2.05, 4.69) is 29.0 Å². The van der Waals surface area contributed by atoms with Gasteiger partial charge in [-0.2, -0.15) is 0 Å². The lowest BCUT2D eigenvalue weighted by molar-refractivity contribution is 1.01. The van der Waals surface area contributed by atoms with Crippen LogP contribution in [0.1, 0.15) is 15.6 Å². The minimum atomic E-state index is 0.559. The summed E-state index contributed by atoms with van der Waals surface area (Å²) in [7, 11) is 0. The molecule has 0 fully saturated rings. The van der Waals surface area contributed by atoms with E-state index in [1.165, 1.54) is 9.75 Å².